The van der Waals surface area contributed by atoms with E-state index in [2.05, 4.69) is 11.4 Å². The lowest BCUT2D eigenvalue weighted by atomic mass is 9.76. The molecule has 16 heavy (non-hydrogen) atoms. The monoisotopic (exact) mass is 283 g/mol. The molecular formula is C13H18BrNO. The fourth-order valence-corrected chi connectivity index (χ4v) is 3.02. The molecule has 1 saturated heterocycles. The van der Waals surface area contributed by atoms with E-state index in [4.69, 9.17) is 0 Å². The number of hydrogen-bond donors (Lipinski definition) is 2. The van der Waals surface area contributed by atoms with Crippen molar-refractivity contribution in [2.45, 2.75) is 31.7 Å². The first-order valence-electron chi connectivity index (χ1n) is 5.87. The first kappa shape index (κ1) is 11.9. The molecular weight excluding hydrogens is 266 g/mol. The Hall–Kier alpha value is -0.540. The first-order valence-corrected chi connectivity index (χ1v) is 5.87. The van der Waals surface area contributed by atoms with Gasteiger partial charge in [0.25, 0.3) is 0 Å². The number of benzene rings is 1. The molecule has 0 unspecified atom stereocenters. The molecule has 1 fully saturated rings. The first-order chi connectivity index (χ1) is 7.33. The SMILES string of the molecule is Br.Oc1ccc2c(c1)C[C@@H]1CCCN[C@@H]1C2. The van der Waals surface area contributed by atoms with Gasteiger partial charge in [0.15, 0.2) is 0 Å². The largest absolute Gasteiger partial charge is 0.508 e. The van der Waals surface area contributed by atoms with Crippen LogP contribution in [0.3, 0.4) is 0 Å². The van der Waals surface area contributed by atoms with Crippen molar-refractivity contribution in [2.75, 3.05) is 6.54 Å². The van der Waals surface area contributed by atoms with Gasteiger partial charge < -0.3 is 10.4 Å². The number of hydrogen-bond acceptors (Lipinski definition) is 2. The molecule has 2 nitrogen and oxygen atoms in total. The Balaban J connectivity index is 0.000000963. The zero-order valence-electron chi connectivity index (χ0n) is 9.28. The van der Waals surface area contributed by atoms with Crippen molar-refractivity contribution in [3.63, 3.8) is 0 Å². The van der Waals surface area contributed by atoms with Crippen molar-refractivity contribution < 1.29 is 5.11 Å². The lowest BCUT2D eigenvalue weighted by Crippen LogP contribution is -2.45. The van der Waals surface area contributed by atoms with E-state index in [1.165, 1.54) is 30.5 Å². The number of fused-ring (bicyclic) bond motifs is 2. The van der Waals surface area contributed by atoms with Crippen LogP contribution in [0.5, 0.6) is 5.75 Å². The van der Waals surface area contributed by atoms with Crippen LogP contribution < -0.4 is 5.32 Å². The van der Waals surface area contributed by atoms with Crippen LogP contribution in [-0.2, 0) is 12.8 Å². The highest BCUT2D eigenvalue weighted by Crippen LogP contribution is 2.32. The van der Waals surface area contributed by atoms with Crippen molar-refractivity contribution in [2.24, 2.45) is 5.92 Å². The maximum Gasteiger partial charge on any atom is 0.115 e. The Morgan fingerprint density at radius 2 is 2.06 bits per heavy atom. The highest BCUT2D eigenvalue weighted by atomic mass is 79.9. The van der Waals surface area contributed by atoms with E-state index in [9.17, 15) is 5.11 Å². The van der Waals surface area contributed by atoms with Crippen molar-refractivity contribution in [3.05, 3.63) is 29.3 Å². The zero-order chi connectivity index (χ0) is 10.3. The Labute approximate surface area is 107 Å². The van der Waals surface area contributed by atoms with Gasteiger partial charge in [-0.15, -0.1) is 17.0 Å². The minimum Gasteiger partial charge on any atom is -0.508 e. The van der Waals surface area contributed by atoms with E-state index < -0.39 is 0 Å². The van der Waals surface area contributed by atoms with Crippen molar-refractivity contribution in [3.8, 4) is 5.75 Å². The number of phenols is 1. The van der Waals surface area contributed by atoms with Gasteiger partial charge in [-0.3, -0.25) is 0 Å². The lowest BCUT2D eigenvalue weighted by Gasteiger charge is -2.37. The summed E-state index contributed by atoms with van der Waals surface area (Å²) >= 11 is 0. The van der Waals surface area contributed by atoms with Crippen LogP contribution in [0.1, 0.15) is 24.0 Å². The second-order valence-electron chi connectivity index (χ2n) is 4.82. The molecule has 2 aliphatic rings. The number of halogens is 1. The third kappa shape index (κ3) is 2.11. The average molecular weight is 284 g/mol. The molecule has 0 spiro atoms. The molecule has 0 saturated carbocycles. The van der Waals surface area contributed by atoms with Crippen molar-refractivity contribution >= 4 is 17.0 Å². The van der Waals surface area contributed by atoms with Gasteiger partial charge in [0.05, 0.1) is 0 Å². The lowest BCUT2D eigenvalue weighted by molar-refractivity contribution is 0.263. The van der Waals surface area contributed by atoms with Gasteiger partial charge in [-0.05, 0) is 61.4 Å². The maximum absolute atomic E-state index is 9.47. The summed E-state index contributed by atoms with van der Waals surface area (Å²) in [6.45, 7) is 1.18. The number of rotatable bonds is 0. The summed E-state index contributed by atoms with van der Waals surface area (Å²) in [5.41, 5.74) is 2.78. The number of nitrogens with one attached hydrogen (secondary N) is 1. The fraction of sp³-hybridized carbons (Fsp3) is 0.538. The molecule has 2 N–H and O–H groups in total. The number of phenolic OH excluding ortho intramolecular Hbond substituents is 1. The molecule has 0 amide bonds. The summed E-state index contributed by atoms with van der Waals surface area (Å²) in [6.07, 6.45) is 4.92. The molecule has 1 aromatic carbocycles. The summed E-state index contributed by atoms with van der Waals surface area (Å²) < 4.78 is 0. The predicted octanol–water partition coefficient (Wildman–Crippen LogP) is 2.44. The van der Waals surface area contributed by atoms with E-state index in [1.807, 2.05) is 12.1 Å². The van der Waals surface area contributed by atoms with Gasteiger partial charge in [-0.25, -0.2) is 0 Å². The van der Waals surface area contributed by atoms with Gasteiger partial charge in [0.1, 0.15) is 5.75 Å². The molecule has 3 heteroatoms. The van der Waals surface area contributed by atoms with Crippen LogP contribution in [0.2, 0.25) is 0 Å². The molecule has 0 aromatic heterocycles. The topological polar surface area (TPSA) is 32.3 Å². The molecule has 1 aliphatic carbocycles. The Bertz CT molecular complexity index is 380. The molecule has 88 valence electrons. The molecule has 1 aromatic rings. The summed E-state index contributed by atoms with van der Waals surface area (Å²) in [4.78, 5) is 0. The standard InChI is InChI=1S/C13H17NO.BrH/c15-12-4-3-9-8-13-10(2-1-5-14-13)6-11(9)7-12;/h3-4,7,10,13-15H,1-2,5-6,8H2;1H/t10-,13+;/m0./s1. The van der Waals surface area contributed by atoms with Crippen LogP contribution in [0.25, 0.3) is 0 Å². The second-order valence-corrected chi connectivity index (χ2v) is 4.82. The summed E-state index contributed by atoms with van der Waals surface area (Å²) in [5, 5.41) is 13.1. The third-order valence-corrected chi connectivity index (χ3v) is 3.84. The van der Waals surface area contributed by atoms with Crippen LogP contribution in [0.4, 0.5) is 0 Å². The molecule has 0 radical (unpaired) electrons. The van der Waals surface area contributed by atoms with Gasteiger partial charge in [-0.1, -0.05) is 6.07 Å². The van der Waals surface area contributed by atoms with E-state index >= 15 is 0 Å². The van der Waals surface area contributed by atoms with Crippen LogP contribution in [0, 0.1) is 5.92 Å². The highest BCUT2D eigenvalue weighted by Gasteiger charge is 2.30. The van der Waals surface area contributed by atoms with Gasteiger partial charge in [0, 0.05) is 6.04 Å². The van der Waals surface area contributed by atoms with E-state index in [0.29, 0.717) is 11.8 Å². The Kier molecular flexibility index (Phi) is 3.55. The predicted molar refractivity (Wildman–Crippen MR) is 70.4 cm³/mol. The summed E-state index contributed by atoms with van der Waals surface area (Å²) in [5.74, 6) is 1.20. The summed E-state index contributed by atoms with van der Waals surface area (Å²) in [7, 11) is 0. The van der Waals surface area contributed by atoms with E-state index in [-0.39, 0.29) is 17.0 Å². The van der Waals surface area contributed by atoms with E-state index in [1.54, 1.807) is 0 Å². The molecule has 1 heterocycles. The molecule has 3 rings (SSSR count). The highest BCUT2D eigenvalue weighted by molar-refractivity contribution is 8.93. The third-order valence-electron chi connectivity index (χ3n) is 3.84. The molecule has 2 atom stereocenters. The van der Waals surface area contributed by atoms with E-state index in [0.717, 1.165) is 18.8 Å². The molecule has 1 aliphatic heterocycles. The minimum atomic E-state index is 0. The Morgan fingerprint density at radius 3 is 2.94 bits per heavy atom. The zero-order valence-corrected chi connectivity index (χ0v) is 11.0. The van der Waals surface area contributed by atoms with Crippen molar-refractivity contribution in [1.29, 1.82) is 0 Å². The average Bonchev–Trinajstić information content (AvgIpc) is 2.26. The normalized spacial score (nSPS) is 27.5. The van der Waals surface area contributed by atoms with Crippen LogP contribution in [-0.4, -0.2) is 17.7 Å². The smallest absolute Gasteiger partial charge is 0.115 e. The van der Waals surface area contributed by atoms with Crippen LogP contribution in [0.15, 0.2) is 18.2 Å². The Morgan fingerprint density at radius 1 is 1.19 bits per heavy atom. The van der Waals surface area contributed by atoms with Gasteiger partial charge in [0.2, 0.25) is 0 Å². The van der Waals surface area contributed by atoms with Gasteiger partial charge >= 0.3 is 0 Å². The quantitative estimate of drug-likeness (QED) is 0.767. The maximum atomic E-state index is 9.47. The summed E-state index contributed by atoms with van der Waals surface area (Å²) in [6, 6.07) is 6.51. The second kappa shape index (κ2) is 4.76. The minimum absolute atomic E-state index is 0. The van der Waals surface area contributed by atoms with Gasteiger partial charge in [-0.2, -0.15) is 0 Å². The fourth-order valence-electron chi connectivity index (χ4n) is 3.02. The number of piperidine rings is 1. The molecule has 0 bridgehead atoms. The van der Waals surface area contributed by atoms with Crippen molar-refractivity contribution in [1.82, 2.24) is 5.32 Å². The number of aromatic hydroxyl groups is 1. The van der Waals surface area contributed by atoms with Crippen LogP contribution >= 0.6 is 17.0 Å².